The molecule has 1 aromatic carbocycles. The van der Waals surface area contributed by atoms with Crippen molar-refractivity contribution in [2.24, 2.45) is 0 Å². The van der Waals surface area contributed by atoms with Crippen LogP contribution in [0, 0.1) is 0 Å². The van der Waals surface area contributed by atoms with Crippen molar-refractivity contribution < 1.29 is 19.4 Å². The molecule has 0 bridgehead atoms. The van der Waals surface area contributed by atoms with E-state index in [1.54, 1.807) is 19.1 Å². The van der Waals surface area contributed by atoms with Crippen LogP contribution in [0.5, 0.6) is 5.75 Å². The van der Waals surface area contributed by atoms with Crippen molar-refractivity contribution in [3.05, 3.63) is 39.5 Å². The number of halogens is 1. The summed E-state index contributed by atoms with van der Waals surface area (Å²) >= 11 is 3.33. The number of phenolic OH excluding ortho intramolecular Hbond substituents is 1. The zero-order chi connectivity index (χ0) is 16.3. The first-order valence-corrected chi connectivity index (χ1v) is 7.73. The molecule has 2 rings (SSSR count). The monoisotopic (exact) mass is 368 g/mol. The Hall–Kier alpha value is -2.02. The second kappa shape index (κ2) is 6.83. The van der Waals surface area contributed by atoms with E-state index in [1.807, 2.05) is 6.92 Å². The molecule has 1 unspecified atom stereocenters. The highest BCUT2D eigenvalue weighted by Crippen LogP contribution is 2.35. The number of aromatic hydroxyl groups is 1. The van der Waals surface area contributed by atoms with E-state index in [-0.39, 0.29) is 12.4 Å². The van der Waals surface area contributed by atoms with Gasteiger partial charge in [0.25, 0.3) is 0 Å². The van der Waals surface area contributed by atoms with Crippen LogP contribution in [0.1, 0.15) is 31.9 Å². The van der Waals surface area contributed by atoms with Crippen LogP contribution < -0.4 is 10.6 Å². The van der Waals surface area contributed by atoms with Crippen molar-refractivity contribution in [3.8, 4) is 5.75 Å². The van der Waals surface area contributed by atoms with Crippen LogP contribution in [0.15, 0.2) is 33.9 Å². The van der Waals surface area contributed by atoms with E-state index >= 15 is 0 Å². The Morgan fingerprint density at radius 1 is 1.41 bits per heavy atom. The quantitative estimate of drug-likeness (QED) is 0.713. The van der Waals surface area contributed by atoms with Gasteiger partial charge in [0.1, 0.15) is 5.75 Å². The minimum Gasteiger partial charge on any atom is -0.508 e. The molecule has 0 fully saturated rings. The highest BCUT2D eigenvalue weighted by Gasteiger charge is 2.34. The Bertz CT molecular complexity index is 642. The van der Waals surface area contributed by atoms with Crippen LogP contribution in [0.25, 0.3) is 0 Å². The van der Waals surface area contributed by atoms with Crippen LogP contribution in [-0.2, 0) is 9.53 Å². The summed E-state index contributed by atoms with van der Waals surface area (Å²) in [5.74, 6) is -0.524. The highest BCUT2D eigenvalue weighted by molar-refractivity contribution is 9.10. The van der Waals surface area contributed by atoms with Crippen molar-refractivity contribution >= 4 is 27.9 Å². The molecule has 1 aromatic rings. The molecule has 1 atom stereocenters. The number of allylic oxidation sites excluding steroid dienone is 1. The highest BCUT2D eigenvalue weighted by atomic mass is 79.9. The average molecular weight is 369 g/mol. The van der Waals surface area contributed by atoms with Crippen molar-refractivity contribution in [1.82, 2.24) is 10.6 Å². The zero-order valence-corrected chi connectivity index (χ0v) is 13.9. The Balaban J connectivity index is 2.56. The summed E-state index contributed by atoms with van der Waals surface area (Å²) in [5, 5.41) is 15.4. The summed E-state index contributed by atoms with van der Waals surface area (Å²) in [6, 6.07) is 3.66. The maximum Gasteiger partial charge on any atom is 0.338 e. The Morgan fingerprint density at radius 3 is 2.77 bits per heavy atom. The number of ether oxygens (including phenoxy) is 1. The number of amides is 2. The Morgan fingerprint density at radius 2 is 2.14 bits per heavy atom. The first-order chi connectivity index (χ1) is 10.5. The second-order valence-electron chi connectivity index (χ2n) is 4.70. The third kappa shape index (κ3) is 3.24. The summed E-state index contributed by atoms with van der Waals surface area (Å²) in [7, 11) is 0. The minimum atomic E-state index is -0.764. The minimum absolute atomic E-state index is 0.00680. The number of hydrogen-bond donors (Lipinski definition) is 3. The zero-order valence-electron chi connectivity index (χ0n) is 12.3. The summed E-state index contributed by atoms with van der Waals surface area (Å²) < 4.78 is 5.82. The van der Waals surface area contributed by atoms with Crippen molar-refractivity contribution in [3.63, 3.8) is 0 Å². The first kappa shape index (κ1) is 16.4. The van der Waals surface area contributed by atoms with Gasteiger partial charge in [-0.05, 0) is 31.5 Å². The van der Waals surface area contributed by atoms with Gasteiger partial charge in [0, 0.05) is 15.7 Å². The number of nitrogens with one attached hydrogen (secondary N) is 2. The van der Waals surface area contributed by atoms with E-state index in [2.05, 4.69) is 26.6 Å². The summed E-state index contributed by atoms with van der Waals surface area (Å²) in [4.78, 5) is 24.1. The average Bonchev–Trinajstić information content (AvgIpc) is 2.48. The molecule has 2 amide bonds. The second-order valence-corrected chi connectivity index (χ2v) is 5.62. The maximum atomic E-state index is 12.3. The third-order valence-corrected chi connectivity index (χ3v) is 3.80. The number of benzene rings is 1. The largest absolute Gasteiger partial charge is 0.508 e. The van der Waals surface area contributed by atoms with E-state index in [4.69, 9.17) is 4.74 Å². The molecule has 0 aliphatic carbocycles. The number of hydrogen-bond acceptors (Lipinski definition) is 4. The number of urea groups is 1. The molecule has 1 aliphatic heterocycles. The predicted octanol–water partition coefficient (Wildman–Crippen LogP) is 2.74. The molecule has 0 spiro atoms. The predicted molar refractivity (Wildman–Crippen MR) is 84.2 cm³/mol. The van der Waals surface area contributed by atoms with Gasteiger partial charge >= 0.3 is 12.0 Å². The van der Waals surface area contributed by atoms with Crippen molar-refractivity contribution in [2.75, 3.05) is 6.61 Å². The molecule has 0 saturated carbocycles. The fourth-order valence-electron chi connectivity index (χ4n) is 2.34. The number of rotatable bonds is 4. The molecule has 22 heavy (non-hydrogen) atoms. The van der Waals surface area contributed by atoms with Gasteiger partial charge in [-0.3, -0.25) is 0 Å². The number of esters is 1. The lowest BCUT2D eigenvalue weighted by molar-refractivity contribution is -0.139. The van der Waals surface area contributed by atoms with E-state index in [9.17, 15) is 14.7 Å². The van der Waals surface area contributed by atoms with Crippen LogP contribution in [-0.4, -0.2) is 23.7 Å². The van der Waals surface area contributed by atoms with Gasteiger partial charge in [-0.15, -0.1) is 0 Å². The van der Waals surface area contributed by atoms with Gasteiger partial charge in [0.05, 0.1) is 18.2 Å². The van der Waals surface area contributed by atoms with Gasteiger partial charge in [-0.2, -0.15) is 0 Å². The number of phenols is 1. The number of carbonyl (C=O) groups excluding carboxylic acids is 2. The van der Waals surface area contributed by atoms with Gasteiger partial charge in [-0.1, -0.05) is 22.9 Å². The fourth-order valence-corrected chi connectivity index (χ4v) is 2.72. The topological polar surface area (TPSA) is 87.7 Å². The van der Waals surface area contributed by atoms with E-state index in [1.165, 1.54) is 6.07 Å². The fraction of sp³-hybridized carbons (Fsp3) is 0.333. The molecule has 7 heteroatoms. The molecule has 6 nitrogen and oxygen atoms in total. The molecular formula is C15H17BrN2O4. The first-order valence-electron chi connectivity index (χ1n) is 6.94. The lowest BCUT2D eigenvalue weighted by Crippen LogP contribution is -2.45. The number of carbonyl (C=O) groups is 2. The lowest BCUT2D eigenvalue weighted by Gasteiger charge is -2.29. The Labute approximate surface area is 136 Å². The van der Waals surface area contributed by atoms with Crippen LogP contribution in [0.2, 0.25) is 0 Å². The summed E-state index contributed by atoms with van der Waals surface area (Å²) in [5.41, 5.74) is 1.22. The standard InChI is InChI=1S/C15H17BrN2O4/c1-3-10-12(14(20)22-4-2)13(18-15(21)17-10)9-7-8(16)5-6-11(9)19/h5-7,13,19H,3-4H2,1-2H3,(H2,17,18,21). The lowest BCUT2D eigenvalue weighted by atomic mass is 9.94. The maximum absolute atomic E-state index is 12.3. The van der Waals surface area contributed by atoms with Crippen LogP contribution in [0.3, 0.4) is 0 Å². The van der Waals surface area contributed by atoms with Crippen LogP contribution in [0.4, 0.5) is 4.79 Å². The molecule has 0 aromatic heterocycles. The smallest absolute Gasteiger partial charge is 0.338 e. The summed E-state index contributed by atoms with van der Waals surface area (Å²) in [6.45, 7) is 3.77. The van der Waals surface area contributed by atoms with Crippen molar-refractivity contribution in [1.29, 1.82) is 0 Å². The van der Waals surface area contributed by atoms with Crippen LogP contribution >= 0.6 is 15.9 Å². The third-order valence-electron chi connectivity index (χ3n) is 3.30. The molecule has 0 saturated heterocycles. The van der Waals surface area contributed by atoms with Gasteiger partial charge in [0.15, 0.2) is 0 Å². The SMILES string of the molecule is CCOC(=O)C1=C(CC)NC(=O)NC1c1cc(Br)ccc1O. The van der Waals surface area contributed by atoms with E-state index in [0.29, 0.717) is 23.3 Å². The molecule has 118 valence electrons. The van der Waals surface area contributed by atoms with Crippen molar-refractivity contribution in [2.45, 2.75) is 26.3 Å². The molecule has 1 aliphatic rings. The normalized spacial score (nSPS) is 17.8. The molecule has 0 radical (unpaired) electrons. The van der Waals surface area contributed by atoms with Gasteiger partial charge < -0.3 is 20.5 Å². The van der Waals surface area contributed by atoms with Gasteiger partial charge in [0.2, 0.25) is 0 Å². The summed E-state index contributed by atoms with van der Waals surface area (Å²) in [6.07, 6.45) is 0.465. The molecular weight excluding hydrogens is 352 g/mol. The van der Waals surface area contributed by atoms with E-state index in [0.717, 1.165) is 4.47 Å². The van der Waals surface area contributed by atoms with E-state index < -0.39 is 18.0 Å². The van der Waals surface area contributed by atoms with Gasteiger partial charge in [-0.25, -0.2) is 9.59 Å². The Kier molecular flexibility index (Phi) is 5.07. The molecule has 1 heterocycles. The molecule has 3 N–H and O–H groups in total.